The summed E-state index contributed by atoms with van der Waals surface area (Å²) in [7, 11) is -3.84. The molecule has 0 bridgehead atoms. The first-order chi connectivity index (χ1) is 15.3. The van der Waals surface area contributed by atoms with E-state index in [-0.39, 0.29) is 10.8 Å². The standard InChI is InChI=1S/C24H24ClN3O3S/c1-15-22-7-5-20(13-18(22)8-10-26-15)28-11-9-23(24(28)29)27-32(30,31)21-6-3-16-12-19(25)4-2-17(16)14-21/h2-7,12-15,23,26-27H,8-11H2,1H3. The quantitative estimate of drug-likeness (QED) is 0.609. The fourth-order valence-electron chi connectivity index (χ4n) is 4.60. The first-order valence-corrected chi connectivity index (χ1v) is 12.6. The smallest absolute Gasteiger partial charge is 0.245 e. The molecule has 5 rings (SSSR count). The Morgan fingerprint density at radius 3 is 2.69 bits per heavy atom. The molecule has 2 unspecified atom stereocenters. The second-order valence-electron chi connectivity index (χ2n) is 8.41. The van der Waals surface area contributed by atoms with Crippen molar-refractivity contribution >= 4 is 44.0 Å². The van der Waals surface area contributed by atoms with Gasteiger partial charge in [0, 0.05) is 23.3 Å². The van der Waals surface area contributed by atoms with E-state index in [1.807, 2.05) is 6.07 Å². The minimum atomic E-state index is -3.84. The zero-order valence-corrected chi connectivity index (χ0v) is 19.2. The van der Waals surface area contributed by atoms with E-state index in [2.05, 4.69) is 29.1 Å². The Morgan fingerprint density at radius 2 is 1.84 bits per heavy atom. The summed E-state index contributed by atoms with van der Waals surface area (Å²) in [6.07, 6.45) is 1.34. The van der Waals surface area contributed by atoms with Gasteiger partial charge in [-0.3, -0.25) is 4.79 Å². The fraction of sp³-hybridized carbons (Fsp3) is 0.292. The van der Waals surface area contributed by atoms with Gasteiger partial charge in [0.1, 0.15) is 6.04 Å². The summed E-state index contributed by atoms with van der Waals surface area (Å²) in [6.45, 7) is 3.52. The molecule has 0 radical (unpaired) electrons. The van der Waals surface area contributed by atoms with Crippen LogP contribution in [-0.4, -0.2) is 33.5 Å². The monoisotopic (exact) mass is 469 g/mol. The second-order valence-corrected chi connectivity index (χ2v) is 10.6. The molecule has 3 aromatic rings. The number of amides is 1. The van der Waals surface area contributed by atoms with Crippen molar-refractivity contribution in [3.05, 3.63) is 70.7 Å². The van der Waals surface area contributed by atoms with Crippen LogP contribution in [-0.2, 0) is 21.2 Å². The largest absolute Gasteiger partial charge is 0.311 e. The molecule has 1 amide bonds. The Labute approximate surface area is 192 Å². The molecule has 166 valence electrons. The van der Waals surface area contributed by atoms with E-state index in [4.69, 9.17) is 11.6 Å². The van der Waals surface area contributed by atoms with Gasteiger partial charge < -0.3 is 10.2 Å². The minimum absolute atomic E-state index is 0.133. The number of carbonyl (C=O) groups is 1. The number of hydrogen-bond donors (Lipinski definition) is 2. The van der Waals surface area contributed by atoms with Crippen LogP contribution in [0.5, 0.6) is 0 Å². The van der Waals surface area contributed by atoms with Crippen LogP contribution in [0.2, 0.25) is 5.02 Å². The summed E-state index contributed by atoms with van der Waals surface area (Å²) in [4.78, 5) is 14.9. The molecule has 2 aliphatic heterocycles. The van der Waals surface area contributed by atoms with Crippen molar-refractivity contribution < 1.29 is 13.2 Å². The van der Waals surface area contributed by atoms with Gasteiger partial charge in [-0.15, -0.1) is 0 Å². The Bertz CT molecular complexity index is 1330. The van der Waals surface area contributed by atoms with Gasteiger partial charge in [-0.1, -0.05) is 29.8 Å². The molecule has 1 saturated heterocycles. The van der Waals surface area contributed by atoms with E-state index in [9.17, 15) is 13.2 Å². The van der Waals surface area contributed by atoms with E-state index in [0.29, 0.717) is 24.0 Å². The number of nitrogens with zero attached hydrogens (tertiary/aromatic N) is 1. The van der Waals surface area contributed by atoms with Gasteiger partial charge >= 0.3 is 0 Å². The van der Waals surface area contributed by atoms with Gasteiger partial charge in [0.2, 0.25) is 15.9 Å². The van der Waals surface area contributed by atoms with Gasteiger partial charge in [-0.2, -0.15) is 4.72 Å². The number of nitrogens with one attached hydrogen (secondary N) is 2. The summed E-state index contributed by atoms with van der Waals surface area (Å²) < 4.78 is 28.6. The fourth-order valence-corrected chi connectivity index (χ4v) is 6.03. The summed E-state index contributed by atoms with van der Waals surface area (Å²) in [5.41, 5.74) is 3.32. The topological polar surface area (TPSA) is 78.5 Å². The lowest BCUT2D eigenvalue weighted by molar-refractivity contribution is -0.118. The molecule has 2 N–H and O–H groups in total. The van der Waals surface area contributed by atoms with Gasteiger partial charge in [0.15, 0.2) is 0 Å². The molecule has 6 nitrogen and oxygen atoms in total. The van der Waals surface area contributed by atoms with Crippen LogP contribution in [0, 0.1) is 0 Å². The summed E-state index contributed by atoms with van der Waals surface area (Å²) in [5.74, 6) is -0.219. The number of sulfonamides is 1. The lowest BCUT2D eigenvalue weighted by atomic mass is 9.94. The summed E-state index contributed by atoms with van der Waals surface area (Å²) >= 11 is 6.01. The van der Waals surface area contributed by atoms with Crippen molar-refractivity contribution in [2.24, 2.45) is 0 Å². The van der Waals surface area contributed by atoms with Gasteiger partial charge in [0.25, 0.3) is 0 Å². The van der Waals surface area contributed by atoms with Crippen molar-refractivity contribution in [1.29, 1.82) is 0 Å². The van der Waals surface area contributed by atoms with E-state index < -0.39 is 16.1 Å². The number of rotatable bonds is 4. The molecular formula is C24H24ClN3O3S. The van der Waals surface area contributed by atoms with Gasteiger partial charge in [0.05, 0.1) is 4.90 Å². The molecule has 0 aromatic heterocycles. The van der Waals surface area contributed by atoms with E-state index >= 15 is 0 Å². The third-order valence-corrected chi connectivity index (χ3v) is 8.04. The lowest BCUT2D eigenvalue weighted by Crippen LogP contribution is -2.41. The summed E-state index contributed by atoms with van der Waals surface area (Å²) in [5, 5.41) is 5.66. The number of halogens is 1. The second kappa shape index (κ2) is 8.15. The molecule has 2 atom stereocenters. The molecule has 2 aliphatic rings. The van der Waals surface area contributed by atoms with Crippen LogP contribution in [0.1, 0.15) is 30.5 Å². The highest BCUT2D eigenvalue weighted by atomic mass is 35.5. The van der Waals surface area contributed by atoms with Crippen molar-refractivity contribution in [2.75, 3.05) is 18.0 Å². The normalized spacial score (nSPS) is 21.2. The van der Waals surface area contributed by atoms with Crippen molar-refractivity contribution in [1.82, 2.24) is 10.0 Å². The molecule has 32 heavy (non-hydrogen) atoms. The van der Waals surface area contributed by atoms with Gasteiger partial charge in [-0.25, -0.2) is 8.42 Å². The molecular weight excluding hydrogens is 446 g/mol. The van der Waals surface area contributed by atoms with E-state index in [1.54, 1.807) is 35.2 Å². The number of benzene rings is 3. The number of hydrogen-bond acceptors (Lipinski definition) is 4. The SMILES string of the molecule is CC1NCCc2cc(N3CCC(NS(=O)(=O)c4ccc5cc(Cl)ccc5c4)C3=O)ccc21. The first kappa shape index (κ1) is 21.4. The zero-order valence-electron chi connectivity index (χ0n) is 17.6. The molecule has 3 aromatic carbocycles. The highest BCUT2D eigenvalue weighted by molar-refractivity contribution is 7.89. The van der Waals surface area contributed by atoms with E-state index in [1.165, 1.54) is 17.2 Å². The molecule has 1 fully saturated rings. The van der Waals surface area contributed by atoms with Crippen molar-refractivity contribution in [3.8, 4) is 0 Å². The van der Waals surface area contributed by atoms with Crippen LogP contribution in [0.25, 0.3) is 10.8 Å². The van der Waals surface area contributed by atoms with Gasteiger partial charge in [-0.05, 0) is 84.6 Å². The Hall–Kier alpha value is -2.45. The number of fused-ring (bicyclic) bond motifs is 2. The maximum atomic E-state index is 13.1. The summed E-state index contributed by atoms with van der Waals surface area (Å²) in [6, 6.07) is 15.7. The van der Waals surface area contributed by atoms with Crippen LogP contribution >= 0.6 is 11.6 Å². The number of anilines is 1. The van der Waals surface area contributed by atoms with Crippen LogP contribution in [0.15, 0.2) is 59.5 Å². The predicted molar refractivity (Wildman–Crippen MR) is 127 cm³/mol. The zero-order chi connectivity index (χ0) is 22.5. The molecule has 2 heterocycles. The van der Waals surface area contributed by atoms with Crippen molar-refractivity contribution in [3.63, 3.8) is 0 Å². The third kappa shape index (κ3) is 3.90. The van der Waals surface area contributed by atoms with Crippen LogP contribution in [0.3, 0.4) is 0 Å². The van der Waals surface area contributed by atoms with Crippen LogP contribution in [0.4, 0.5) is 5.69 Å². The predicted octanol–water partition coefficient (Wildman–Crippen LogP) is 3.78. The highest BCUT2D eigenvalue weighted by Crippen LogP contribution is 2.30. The third-order valence-electron chi connectivity index (χ3n) is 6.34. The Morgan fingerprint density at radius 1 is 1.06 bits per heavy atom. The average Bonchev–Trinajstić information content (AvgIpc) is 3.12. The maximum Gasteiger partial charge on any atom is 0.245 e. The Balaban J connectivity index is 1.35. The maximum absolute atomic E-state index is 13.1. The lowest BCUT2D eigenvalue weighted by Gasteiger charge is -2.26. The van der Waals surface area contributed by atoms with Crippen LogP contribution < -0.4 is 14.9 Å². The average molecular weight is 470 g/mol. The molecule has 0 spiro atoms. The minimum Gasteiger partial charge on any atom is -0.311 e. The molecule has 8 heteroatoms. The molecule has 0 aliphatic carbocycles. The number of carbonyl (C=O) groups excluding carboxylic acids is 1. The Kier molecular flexibility index (Phi) is 5.45. The van der Waals surface area contributed by atoms with Crippen molar-refractivity contribution in [2.45, 2.75) is 36.7 Å². The van der Waals surface area contributed by atoms with E-state index in [0.717, 1.165) is 29.4 Å². The molecule has 0 saturated carbocycles. The first-order valence-electron chi connectivity index (χ1n) is 10.7. The highest BCUT2D eigenvalue weighted by Gasteiger charge is 2.36.